The maximum atomic E-state index is 12.5. The van der Waals surface area contributed by atoms with Crippen LogP contribution in [0.25, 0.3) is 0 Å². The molecule has 0 saturated carbocycles. The summed E-state index contributed by atoms with van der Waals surface area (Å²) in [6.45, 7) is 2.93. The minimum absolute atomic E-state index is 0.0821. The van der Waals surface area contributed by atoms with Crippen LogP contribution in [0.3, 0.4) is 0 Å². The van der Waals surface area contributed by atoms with Crippen LogP contribution in [0.2, 0.25) is 0 Å². The molecule has 0 radical (unpaired) electrons. The Labute approximate surface area is 141 Å². The van der Waals surface area contributed by atoms with Crippen molar-refractivity contribution in [2.45, 2.75) is 19.4 Å². The van der Waals surface area contributed by atoms with Gasteiger partial charge in [-0.1, -0.05) is 12.1 Å². The molecule has 1 aromatic heterocycles. The van der Waals surface area contributed by atoms with Crippen molar-refractivity contribution in [3.05, 3.63) is 46.7 Å². The van der Waals surface area contributed by atoms with Gasteiger partial charge in [-0.2, -0.15) is 11.3 Å². The van der Waals surface area contributed by atoms with E-state index in [0.717, 1.165) is 38.2 Å². The Bertz CT molecular complexity index is 634. The predicted octanol–water partition coefficient (Wildman–Crippen LogP) is 3.61. The van der Waals surface area contributed by atoms with E-state index in [0.29, 0.717) is 5.75 Å². The summed E-state index contributed by atoms with van der Waals surface area (Å²) in [7, 11) is 1.62. The van der Waals surface area contributed by atoms with Gasteiger partial charge < -0.3 is 10.1 Å². The van der Waals surface area contributed by atoms with Gasteiger partial charge in [-0.15, -0.1) is 0 Å². The summed E-state index contributed by atoms with van der Waals surface area (Å²) in [5.74, 6) is 0.888. The van der Waals surface area contributed by atoms with Crippen molar-refractivity contribution >= 4 is 22.9 Å². The second-order valence-corrected chi connectivity index (χ2v) is 6.65. The zero-order valence-corrected chi connectivity index (χ0v) is 14.1. The zero-order valence-electron chi connectivity index (χ0n) is 13.3. The summed E-state index contributed by atoms with van der Waals surface area (Å²) < 4.78 is 5.29. The van der Waals surface area contributed by atoms with Crippen molar-refractivity contribution in [1.29, 1.82) is 0 Å². The van der Waals surface area contributed by atoms with Gasteiger partial charge in [0.1, 0.15) is 5.75 Å². The number of carbonyl (C=O) groups is 1. The fraction of sp³-hybridized carbons (Fsp3) is 0.389. The van der Waals surface area contributed by atoms with Gasteiger partial charge in [0.25, 0.3) is 0 Å². The highest BCUT2D eigenvalue weighted by Gasteiger charge is 2.25. The van der Waals surface area contributed by atoms with E-state index < -0.39 is 0 Å². The number of hydrogen-bond acceptors (Lipinski definition) is 4. The molecule has 2 heterocycles. The van der Waals surface area contributed by atoms with Crippen LogP contribution in [0, 0.1) is 5.92 Å². The Morgan fingerprint density at radius 2 is 2.09 bits per heavy atom. The molecule has 0 bridgehead atoms. The van der Waals surface area contributed by atoms with Crippen molar-refractivity contribution in [2.75, 3.05) is 25.5 Å². The molecule has 0 aliphatic carbocycles. The molecular weight excluding hydrogens is 308 g/mol. The Kier molecular flexibility index (Phi) is 5.31. The summed E-state index contributed by atoms with van der Waals surface area (Å²) in [5.41, 5.74) is 2.12. The first-order valence-electron chi connectivity index (χ1n) is 7.93. The number of carbonyl (C=O) groups excluding carboxylic acids is 1. The number of nitrogens with zero attached hydrogens (tertiary/aromatic N) is 1. The van der Waals surface area contributed by atoms with Crippen LogP contribution in [0.1, 0.15) is 18.4 Å². The van der Waals surface area contributed by atoms with Crippen LogP contribution >= 0.6 is 11.3 Å². The minimum atomic E-state index is 0.0821. The van der Waals surface area contributed by atoms with E-state index >= 15 is 0 Å². The summed E-state index contributed by atoms with van der Waals surface area (Å²) >= 11 is 1.74. The molecule has 23 heavy (non-hydrogen) atoms. The Morgan fingerprint density at radius 3 is 2.78 bits per heavy atom. The van der Waals surface area contributed by atoms with Gasteiger partial charge in [-0.05, 0) is 60.5 Å². The standard InChI is InChI=1S/C18H22N2O2S/c1-22-17-5-3-2-4-16(17)19-18(21)15-6-9-20(10-7-15)12-14-8-11-23-13-14/h2-5,8,11,13,15H,6-7,9-10,12H2,1H3,(H,19,21). The molecule has 1 amide bonds. The zero-order chi connectivity index (χ0) is 16.1. The highest BCUT2D eigenvalue weighted by atomic mass is 32.1. The van der Waals surface area contributed by atoms with E-state index in [1.807, 2.05) is 24.3 Å². The molecule has 122 valence electrons. The van der Waals surface area contributed by atoms with Crippen molar-refractivity contribution in [3.63, 3.8) is 0 Å². The summed E-state index contributed by atoms with van der Waals surface area (Å²) in [6.07, 6.45) is 1.82. The SMILES string of the molecule is COc1ccccc1NC(=O)C1CCN(Cc2ccsc2)CC1. The molecule has 1 saturated heterocycles. The number of benzene rings is 1. The molecule has 0 spiro atoms. The fourth-order valence-electron chi connectivity index (χ4n) is 2.98. The largest absolute Gasteiger partial charge is 0.495 e. The van der Waals surface area contributed by atoms with Crippen molar-refractivity contribution in [1.82, 2.24) is 4.90 Å². The normalized spacial score (nSPS) is 16.2. The van der Waals surface area contributed by atoms with Crippen molar-refractivity contribution in [2.24, 2.45) is 5.92 Å². The molecular formula is C18H22N2O2S. The Hall–Kier alpha value is -1.85. The third-order valence-corrected chi connectivity index (χ3v) is 5.04. The third kappa shape index (κ3) is 4.12. The van der Waals surface area contributed by atoms with E-state index in [1.54, 1.807) is 18.4 Å². The van der Waals surface area contributed by atoms with E-state index in [-0.39, 0.29) is 11.8 Å². The van der Waals surface area contributed by atoms with E-state index in [2.05, 4.69) is 27.0 Å². The quantitative estimate of drug-likeness (QED) is 0.910. The van der Waals surface area contributed by atoms with E-state index in [1.165, 1.54) is 5.56 Å². The molecule has 0 unspecified atom stereocenters. The van der Waals surface area contributed by atoms with Gasteiger partial charge in [-0.25, -0.2) is 0 Å². The van der Waals surface area contributed by atoms with Crippen LogP contribution in [-0.4, -0.2) is 31.0 Å². The van der Waals surface area contributed by atoms with Gasteiger partial charge in [-0.3, -0.25) is 9.69 Å². The summed E-state index contributed by atoms with van der Waals surface area (Å²) in [4.78, 5) is 14.9. The first kappa shape index (κ1) is 16.0. The van der Waals surface area contributed by atoms with Crippen LogP contribution < -0.4 is 10.1 Å². The van der Waals surface area contributed by atoms with Crippen LogP contribution in [0.5, 0.6) is 5.75 Å². The maximum Gasteiger partial charge on any atom is 0.227 e. The molecule has 3 rings (SSSR count). The lowest BCUT2D eigenvalue weighted by Crippen LogP contribution is -2.37. The highest BCUT2D eigenvalue weighted by Crippen LogP contribution is 2.26. The molecule has 0 atom stereocenters. The number of likely N-dealkylation sites (tertiary alicyclic amines) is 1. The number of hydrogen-bond donors (Lipinski definition) is 1. The number of para-hydroxylation sites is 2. The second-order valence-electron chi connectivity index (χ2n) is 5.87. The smallest absolute Gasteiger partial charge is 0.227 e. The second kappa shape index (κ2) is 7.62. The number of methoxy groups -OCH3 is 1. The van der Waals surface area contributed by atoms with E-state index in [9.17, 15) is 4.79 Å². The van der Waals surface area contributed by atoms with Gasteiger partial charge >= 0.3 is 0 Å². The van der Waals surface area contributed by atoms with Gasteiger partial charge in [0, 0.05) is 12.5 Å². The number of anilines is 1. The average Bonchev–Trinajstić information content (AvgIpc) is 3.09. The summed E-state index contributed by atoms with van der Waals surface area (Å²) in [6, 6.07) is 9.71. The number of piperidine rings is 1. The molecule has 1 fully saturated rings. The number of ether oxygens (including phenoxy) is 1. The maximum absolute atomic E-state index is 12.5. The highest BCUT2D eigenvalue weighted by molar-refractivity contribution is 7.07. The molecule has 1 aromatic carbocycles. The molecule has 5 heteroatoms. The minimum Gasteiger partial charge on any atom is -0.495 e. The Balaban J connectivity index is 1.52. The third-order valence-electron chi connectivity index (χ3n) is 4.31. The number of thiophene rings is 1. The van der Waals surface area contributed by atoms with Crippen molar-refractivity contribution < 1.29 is 9.53 Å². The summed E-state index contributed by atoms with van der Waals surface area (Å²) in [5, 5.41) is 7.32. The molecule has 1 aliphatic rings. The topological polar surface area (TPSA) is 41.6 Å². The lowest BCUT2D eigenvalue weighted by atomic mass is 9.95. The fourth-order valence-corrected chi connectivity index (χ4v) is 3.64. The number of rotatable bonds is 5. The molecule has 4 nitrogen and oxygen atoms in total. The predicted molar refractivity (Wildman–Crippen MR) is 93.9 cm³/mol. The number of nitrogens with one attached hydrogen (secondary N) is 1. The molecule has 2 aromatic rings. The van der Waals surface area contributed by atoms with Gasteiger partial charge in [0.15, 0.2) is 0 Å². The Morgan fingerprint density at radius 1 is 1.30 bits per heavy atom. The van der Waals surface area contributed by atoms with Crippen LogP contribution in [-0.2, 0) is 11.3 Å². The van der Waals surface area contributed by atoms with Gasteiger partial charge in [0.05, 0.1) is 12.8 Å². The lowest BCUT2D eigenvalue weighted by molar-refractivity contribution is -0.121. The van der Waals surface area contributed by atoms with Crippen molar-refractivity contribution in [3.8, 4) is 5.75 Å². The monoisotopic (exact) mass is 330 g/mol. The lowest BCUT2D eigenvalue weighted by Gasteiger charge is -2.31. The first-order valence-corrected chi connectivity index (χ1v) is 8.88. The van der Waals surface area contributed by atoms with Gasteiger partial charge in [0.2, 0.25) is 5.91 Å². The van der Waals surface area contributed by atoms with Crippen LogP contribution in [0.15, 0.2) is 41.1 Å². The average molecular weight is 330 g/mol. The molecule has 1 aliphatic heterocycles. The van der Waals surface area contributed by atoms with E-state index in [4.69, 9.17) is 4.74 Å². The first-order chi connectivity index (χ1) is 11.3. The van der Waals surface area contributed by atoms with Crippen LogP contribution in [0.4, 0.5) is 5.69 Å². The molecule has 1 N–H and O–H groups in total. The number of amides is 1.